The molecule has 0 aliphatic carbocycles. The van der Waals surface area contributed by atoms with Crippen LogP contribution in [0.1, 0.15) is 38.7 Å². The molecule has 0 aliphatic heterocycles. The number of alkyl halides is 3. The number of carboxylic acid groups (broad SMARTS) is 1. The van der Waals surface area contributed by atoms with E-state index in [0.717, 1.165) is 38.4 Å². The maximum absolute atomic E-state index is 12.8. The Morgan fingerprint density at radius 1 is 0.889 bits per heavy atom. The van der Waals surface area contributed by atoms with Crippen LogP contribution >= 0.6 is 0 Å². The van der Waals surface area contributed by atoms with E-state index in [0.29, 0.717) is 11.3 Å². The largest absolute Gasteiger partial charge is 0.516 e. The van der Waals surface area contributed by atoms with E-state index < -0.39 is 27.5 Å². The summed E-state index contributed by atoms with van der Waals surface area (Å²) >= 11 is 0. The molecule has 0 bridgehead atoms. The standard InChI is InChI=1S/C32H26F3N3O6S/c1-44-28-17-23(30(39)37-45(42,43)32(33,34)35)13-12-22(28)16-24-19-38(27-15-14-25(18-26(24)27)36-31(40)41)29(20-8-4-2-5-9-20)21-10-6-3-7-11-21/h2-15,17-19,29,36H,16H2,1H3,(H,37,39)(H,40,41). The van der Waals surface area contributed by atoms with Crippen molar-refractivity contribution in [3.63, 3.8) is 0 Å². The number of hydrogen-bond donors (Lipinski definition) is 3. The van der Waals surface area contributed by atoms with E-state index in [9.17, 15) is 36.3 Å². The van der Waals surface area contributed by atoms with Gasteiger partial charge in [0.15, 0.2) is 0 Å². The Morgan fingerprint density at radius 3 is 2.07 bits per heavy atom. The lowest BCUT2D eigenvalue weighted by Crippen LogP contribution is -2.40. The summed E-state index contributed by atoms with van der Waals surface area (Å²) in [5.41, 5.74) is -1.58. The van der Waals surface area contributed by atoms with Crippen LogP contribution in [-0.4, -0.2) is 42.7 Å². The molecule has 4 aromatic carbocycles. The van der Waals surface area contributed by atoms with E-state index in [4.69, 9.17) is 4.74 Å². The van der Waals surface area contributed by atoms with Crippen molar-refractivity contribution < 1.29 is 41.0 Å². The number of methoxy groups -OCH3 is 1. The molecular weight excluding hydrogens is 611 g/mol. The third kappa shape index (κ3) is 6.63. The molecule has 2 amide bonds. The highest BCUT2D eigenvalue weighted by Gasteiger charge is 2.47. The first-order chi connectivity index (χ1) is 21.4. The number of aromatic nitrogens is 1. The van der Waals surface area contributed by atoms with Gasteiger partial charge in [0, 0.05) is 34.8 Å². The van der Waals surface area contributed by atoms with Gasteiger partial charge in [-0.3, -0.25) is 10.1 Å². The van der Waals surface area contributed by atoms with E-state index in [1.807, 2.05) is 72.9 Å². The Hall–Kier alpha value is -5.30. The second-order valence-electron chi connectivity index (χ2n) is 10.0. The van der Waals surface area contributed by atoms with Crippen LogP contribution in [0.4, 0.5) is 23.7 Å². The Labute approximate surface area is 255 Å². The lowest BCUT2D eigenvalue weighted by molar-refractivity contribution is -0.0446. The number of nitrogens with zero attached hydrogens (tertiary/aromatic N) is 1. The number of carbonyl (C=O) groups excluding carboxylic acids is 1. The van der Waals surface area contributed by atoms with Gasteiger partial charge in [-0.15, -0.1) is 0 Å². The van der Waals surface area contributed by atoms with E-state index >= 15 is 0 Å². The highest BCUT2D eigenvalue weighted by atomic mass is 32.2. The average molecular weight is 638 g/mol. The molecule has 3 N–H and O–H groups in total. The maximum Gasteiger partial charge on any atom is 0.516 e. The molecule has 0 radical (unpaired) electrons. The SMILES string of the molecule is COc1cc(C(=O)NS(=O)(=O)C(F)(F)F)ccc1Cc1cn(C(c2ccccc2)c2ccccc2)c2ccc(NC(=O)O)cc12. The predicted octanol–water partition coefficient (Wildman–Crippen LogP) is 6.55. The molecule has 13 heteroatoms. The molecule has 0 unspecified atom stereocenters. The highest BCUT2D eigenvalue weighted by molar-refractivity contribution is 7.90. The summed E-state index contributed by atoms with van der Waals surface area (Å²) in [6, 6.07) is 28.4. The Balaban J connectivity index is 1.60. The molecular formula is C32H26F3N3O6S. The van der Waals surface area contributed by atoms with Gasteiger partial charge in [0.1, 0.15) is 5.75 Å². The summed E-state index contributed by atoms with van der Waals surface area (Å²) < 4.78 is 69.8. The lowest BCUT2D eigenvalue weighted by Gasteiger charge is -2.21. The maximum atomic E-state index is 12.8. The first kappa shape index (κ1) is 31.1. The summed E-state index contributed by atoms with van der Waals surface area (Å²) in [4.78, 5) is 23.8. The van der Waals surface area contributed by atoms with Gasteiger partial charge in [0.05, 0.1) is 13.2 Å². The Morgan fingerprint density at radius 2 is 1.51 bits per heavy atom. The van der Waals surface area contributed by atoms with Gasteiger partial charge in [0.2, 0.25) is 0 Å². The number of sulfonamides is 1. The molecule has 1 heterocycles. The van der Waals surface area contributed by atoms with Gasteiger partial charge in [0.25, 0.3) is 5.91 Å². The van der Waals surface area contributed by atoms with E-state index in [1.54, 1.807) is 12.1 Å². The van der Waals surface area contributed by atoms with Gasteiger partial charge in [-0.2, -0.15) is 21.6 Å². The van der Waals surface area contributed by atoms with Crippen molar-refractivity contribution in [2.75, 3.05) is 12.4 Å². The van der Waals surface area contributed by atoms with Crippen molar-refractivity contribution >= 4 is 38.6 Å². The molecule has 0 spiro atoms. The third-order valence-electron chi connectivity index (χ3n) is 7.14. The lowest BCUT2D eigenvalue weighted by atomic mass is 9.98. The second-order valence-corrected chi connectivity index (χ2v) is 11.7. The molecule has 0 fully saturated rings. The molecule has 232 valence electrons. The average Bonchev–Trinajstić information content (AvgIpc) is 3.34. The number of hydrogen-bond acceptors (Lipinski definition) is 5. The predicted molar refractivity (Wildman–Crippen MR) is 162 cm³/mol. The van der Waals surface area contributed by atoms with Crippen LogP contribution in [0, 0.1) is 0 Å². The number of halogens is 3. The van der Waals surface area contributed by atoms with E-state index in [1.165, 1.54) is 19.2 Å². The molecule has 5 aromatic rings. The number of amides is 2. The number of anilines is 1. The fourth-order valence-electron chi connectivity index (χ4n) is 5.14. The molecule has 5 rings (SSSR count). The quantitative estimate of drug-likeness (QED) is 0.168. The fourth-order valence-corrected chi connectivity index (χ4v) is 5.62. The first-order valence-electron chi connectivity index (χ1n) is 13.4. The van der Waals surface area contributed by atoms with E-state index in [-0.39, 0.29) is 23.8 Å². The second kappa shape index (κ2) is 12.4. The zero-order valence-corrected chi connectivity index (χ0v) is 24.4. The zero-order chi connectivity index (χ0) is 32.4. The summed E-state index contributed by atoms with van der Waals surface area (Å²) in [6.45, 7) is 0. The summed E-state index contributed by atoms with van der Waals surface area (Å²) in [7, 11) is -4.59. The number of rotatable bonds is 9. The van der Waals surface area contributed by atoms with Crippen LogP contribution in [0.25, 0.3) is 10.9 Å². The van der Waals surface area contributed by atoms with Crippen molar-refractivity contribution in [2.45, 2.75) is 18.0 Å². The van der Waals surface area contributed by atoms with E-state index in [2.05, 4.69) is 9.88 Å². The van der Waals surface area contributed by atoms with Crippen molar-refractivity contribution in [1.29, 1.82) is 0 Å². The number of carbonyl (C=O) groups is 2. The topological polar surface area (TPSA) is 127 Å². The van der Waals surface area contributed by atoms with Gasteiger partial charge in [-0.25, -0.2) is 9.52 Å². The van der Waals surface area contributed by atoms with Crippen LogP contribution in [0.15, 0.2) is 103 Å². The molecule has 0 saturated carbocycles. The smallest absolute Gasteiger partial charge is 0.496 e. The van der Waals surface area contributed by atoms with Gasteiger partial charge < -0.3 is 14.4 Å². The zero-order valence-electron chi connectivity index (χ0n) is 23.6. The number of ether oxygens (including phenoxy) is 1. The Bertz CT molecular complexity index is 1940. The minimum atomic E-state index is -5.90. The van der Waals surface area contributed by atoms with Crippen LogP contribution in [0.2, 0.25) is 0 Å². The molecule has 0 aliphatic rings. The molecule has 45 heavy (non-hydrogen) atoms. The molecule has 0 atom stereocenters. The summed E-state index contributed by atoms with van der Waals surface area (Å²) in [5, 5.41) is 12.4. The normalized spacial score (nSPS) is 11.8. The van der Waals surface area contributed by atoms with Crippen LogP contribution in [-0.2, 0) is 16.4 Å². The van der Waals surface area contributed by atoms with Crippen LogP contribution in [0.5, 0.6) is 5.75 Å². The minimum Gasteiger partial charge on any atom is -0.496 e. The van der Waals surface area contributed by atoms with Gasteiger partial charge in [-0.1, -0.05) is 66.7 Å². The van der Waals surface area contributed by atoms with Crippen molar-refractivity contribution in [2.24, 2.45) is 0 Å². The monoisotopic (exact) mass is 637 g/mol. The number of benzene rings is 4. The molecule has 0 saturated heterocycles. The fraction of sp³-hybridized carbons (Fsp3) is 0.125. The van der Waals surface area contributed by atoms with Crippen LogP contribution < -0.4 is 14.8 Å². The third-order valence-corrected chi connectivity index (χ3v) is 8.20. The van der Waals surface area contributed by atoms with Crippen molar-refractivity contribution in [3.8, 4) is 5.75 Å². The van der Waals surface area contributed by atoms with Crippen LogP contribution in [0.3, 0.4) is 0 Å². The van der Waals surface area contributed by atoms with Crippen molar-refractivity contribution in [3.05, 3.63) is 131 Å². The van der Waals surface area contributed by atoms with Gasteiger partial charge >= 0.3 is 21.6 Å². The highest BCUT2D eigenvalue weighted by Crippen LogP contribution is 2.36. The van der Waals surface area contributed by atoms with Crippen molar-refractivity contribution in [1.82, 2.24) is 9.29 Å². The molecule has 1 aromatic heterocycles. The Kier molecular flexibility index (Phi) is 8.55. The molecule has 9 nitrogen and oxygen atoms in total. The number of fused-ring (bicyclic) bond motifs is 1. The summed E-state index contributed by atoms with van der Waals surface area (Å²) in [6.07, 6.45) is 0.919. The summed E-state index contributed by atoms with van der Waals surface area (Å²) in [5.74, 6) is -1.33. The first-order valence-corrected chi connectivity index (χ1v) is 14.9. The number of nitrogens with one attached hydrogen (secondary N) is 2. The van der Waals surface area contributed by atoms with Gasteiger partial charge in [-0.05, 0) is 52.6 Å². The minimum absolute atomic E-state index is 0.135.